The zero-order chi connectivity index (χ0) is 12.3. The van der Waals surface area contributed by atoms with Crippen LogP contribution in [0.25, 0.3) is 0 Å². The number of aryl methyl sites for hydroxylation is 1. The van der Waals surface area contributed by atoms with E-state index in [1.165, 1.54) is 19.3 Å². The van der Waals surface area contributed by atoms with Crippen LogP contribution in [0.3, 0.4) is 0 Å². The summed E-state index contributed by atoms with van der Waals surface area (Å²) < 4.78 is 0. The van der Waals surface area contributed by atoms with Gasteiger partial charge in [0.1, 0.15) is 0 Å². The minimum absolute atomic E-state index is 0.0850. The summed E-state index contributed by atoms with van der Waals surface area (Å²) in [7, 11) is 0. The van der Waals surface area contributed by atoms with Crippen LogP contribution in [0.5, 0.6) is 0 Å². The number of nitrogens with one attached hydrogen (secondary N) is 1. The normalized spacial score (nSPS) is 24.4. The number of hydrogen-bond acceptors (Lipinski definition) is 1. The molecule has 2 nitrogen and oxygen atoms in total. The van der Waals surface area contributed by atoms with Crippen molar-refractivity contribution in [3.63, 3.8) is 0 Å². The summed E-state index contributed by atoms with van der Waals surface area (Å²) in [6.07, 6.45) is 4.90. The number of hydrogen-bond donors (Lipinski definition) is 1. The van der Waals surface area contributed by atoms with E-state index < -0.39 is 0 Å². The lowest BCUT2D eigenvalue weighted by atomic mass is 9.86. The Bertz CT molecular complexity index is 400. The minimum Gasteiger partial charge on any atom is -0.349 e. The molecule has 2 unspecified atom stereocenters. The fourth-order valence-corrected chi connectivity index (χ4v) is 2.60. The molecule has 1 amide bonds. The van der Waals surface area contributed by atoms with Gasteiger partial charge in [0, 0.05) is 11.6 Å². The molecule has 2 rings (SSSR count). The second-order valence-electron chi connectivity index (χ2n) is 5.16. The lowest BCUT2D eigenvalue weighted by molar-refractivity contribution is 0.0909. The number of benzene rings is 1. The smallest absolute Gasteiger partial charge is 0.251 e. The maximum absolute atomic E-state index is 12.2. The van der Waals surface area contributed by atoms with Crippen molar-refractivity contribution in [2.45, 2.75) is 45.6 Å². The largest absolute Gasteiger partial charge is 0.349 e. The van der Waals surface area contributed by atoms with Crippen LogP contribution in [-0.4, -0.2) is 11.9 Å². The van der Waals surface area contributed by atoms with Gasteiger partial charge in [-0.2, -0.15) is 0 Å². The predicted octanol–water partition coefficient (Wildman–Crippen LogP) is 3.30. The number of amides is 1. The first kappa shape index (κ1) is 12.2. The lowest BCUT2D eigenvalue weighted by Crippen LogP contribution is -2.41. The van der Waals surface area contributed by atoms with Gasteiger partial charge >= 0.3 is 0 Å². The van der Waals surface area contributed by atoms with Gasteiger partial charge in [0.05, 0.1) is 0 Å². The van der Waals surface area contributed by atoms with Crippen LogP contribution < -0.4 is 5.32 Å². The van der Waals surface area contributed by atoms with Crippen LogP contribution in [0.1, 0.15) is 48.5 Å². The first-order chi connectivity index (χ1) is 8.18. The average molecular weight is 231 g/mol. The highest BCUT2D eigenvalue weighted by Gasteiger charge is 2.23. The molecule has 1 saturated carbocycles. The van der Waals surface area contributed by atoms with Gasteiger partial charge in [-0.25, -0.2) is 0 Å². The van der Waals surface area contributed by atoms with E-state index in [2.05, 4.69) is 12.2 Å². The van der Waals surface area contributed by atoms with Crippen LogP contribution in [0.4, 0.5) is 0 Å². The van der Waals surface area contributed by atoms with E-state index in [-0.39, 0.29) is 5.91 Å². The second-order valence-corrected chi connectivity index (χ2v) is 5.16. The standard InChI is InChI=1S/C15H21NO/c1-11-7-3-5-9-13(11)15(17)16-14-10-6-4-8-12(14)2/h3,5,7,9,12,14H,4,6,8,10H2,1-2H3,(H,16,17). The van der Waals surface area contributed by atoms with E-state index >= 15 is 0 Å². The summed E-state index contributed by atoms with van der Waals surface area (Å²) in [6.45, 7) is 4.22. The van der Waals surface area contributed by atoms with Crippen molar-refractivity contribution < 1.29 is 4.79 Å². The summed E-state index contributed by atoms with van der Waals surface area (Å²) in [4.78, 5) is 12.2. The van der Waals surface area contributed by atoms with Crippen molar-refractivity contribution in [1.29, 1.82) is 0 Å². The molecule has 1 fully saturated rings. The highest BCUT2D eigenvalue weighted by atomic mass is 16.1. The van der Waals surface area contributed by atoms with Gasteiger partial charge in [0.15, 0.2) is 0 Å². The second kappa shape index (κ2) is 5.35. The molecular formula is C15H21NO. The molecule has 0 heterocycles. The summed E-state index contributed by atoms with van der Waals surface area (Å²) in [5.41, 5.74) is 1.86. The topological polar surface area (TPSA) is 29.1 Å². The van der Waals surface area contributed by atoms with Crippen molar-refractivity contribution in [3.05, 3.63) is 35.4 Å². The van der Waals surface area contributed by atoms with E-state index in [0.717, 1.165) is 17.5 Å². The summed E-state index contributed by atoms with van der Waals surface area (Å²) in [5, 5.41) is 3.19. The van der Waals surface area contributed by atoms with E-state index in [4.69, 9.17) is 0 Å². The Morgan fingerprint density at radius 2 is 1.94 bits per heavy atom. The number of carbonyl (C=O) groups excluding carboxylic acids is 1. The van der Waals surface area contributed by atoms with Gasteiger partial charge in [-0.05, 0) is 37.3 Å². The average Bonchev–Trinajstić information content (AvgIpc) is 2.32. The van der Waals surface area contributed by atoms with Crippen molar-refractivity contribution in [2.75, 3.05) is 0 Å². The third kappa shape index (κ3) is 2.87. The van der Waals surface area contributed by atoms with E-state index in [9.17, 15) is 4.79 Å². The van der Waals surface area contributed by atoms with E-state index in [1.807, 2.05) is 31.2 Å². The van der Waals surface area contributed by atoms with Gasteiger partial charge in [-0.1, -0.05) is 38.0 Å². The van der Waals surface area contributed by atoms with Crippen LogP contribution in [0.2, 0.25) is 0 Å². The molecular weight excluding hydrogens is 210 g/mol. The van der Waals surface area contributed by atoms with Gasteiger partial charge in [-0.3, -0.25) is 4.79 Å². The summed E-state index contributed by atoms with van der Waals surface area (Å²) in [6, 6.07) is 8.13. The highest BCUT2D eigenvalue weighted by Crippen LogP contribution is 2.24. The fourth-order valence-electron chi connectivity index (χ4n) is 2.60. The van der Waals surface area contributed by atoms with Crippen LogP contribution in [0, 0.1) is 12.8 Å². The molecule has 0 radical (unpaired) electrons. The van der Waals surface area contributed by atoms with Crippen molar-refractivity contribution in [3.8, 4) is 0 Å². The van der Waals surface area contributed by atoms with Crippen molar-refractivity contribution in [1.82, 2.24) is 5.32 Å². The van der Waals surface area contributed by atoms with Gasteiger partial charge in [0.2, 0.25) is 0 Å². The predicted molar refractivity (Wildman–Crippen MR) is 70.1 cm³/mol. The highest BCUT2D eigenvalue weighted by molar-refractivity contribution is 5.95. The maximum Gasteiger partial charge on any atom is 0.251 e. The zero-order valence-electron chi connectivity index (χ0n) is 10.7. The molecule has 1 aliphatic carbocycles. The Hall–Kier alpha value is -1.31. The molecule has 1 aliphatic rings. The van der Waals surface area contributed by atoms with Crippen LogP contribution >= 0.6 is 0 Å². The Morgan fingerprint density at radius 1 is 1.24 bits per heavy atom. The number of carbonyl (C=O) groups is 1. The summed E-state index contributed by atoms with van der Waals surface area (Å²) >= 11 is 0. The van der Waals surface area contributed by atoms with Gasteiger partial charge in [-0.15, -0.1) is 0 Å². The van der Waals surface area contributed by atoms with Crippen molar-refractivity contribution >= 4 is 5.91 Å². The third-order valence-electron chi connectivity index (χ3n) is 3.82. The molecule has 0 aromatic heterocycles. The third-order valence-corrected chi connectivity index (χ3v) is 3.82. The molecule has 17 heavy (non-hydrogen) atoms. The maximum atomic E-state index is 12.2. The fraction of sp³-hybridized carbons (Fsp3) is 0.533. The van der Waals surface area contributed by atoms with Gasteiger partial charge < -0.3 is 5.32 Å². The Morgan fingerprint density at radius 3 is 2.65 bits per heavy atom. The molecule has 1 aromatic carbocycles. The molecule has 2 atom stereocenters. The van der Waals surface area contributed by atoms with Gasteiger partial charge in [0.25, 0.3) is 5.91 Å². The Kier molecular flexibility index (Phi) is 3.82. The number of rotatable bonds is 2. The Labute approximate surface area is 103 Å². The molecule has 1 aromatic rings. The molecule has 0 aliphatic heterocycles. The molecule has 2 heteroatoms. The SMILES string of the molecule is Cc1ccccc1C(=O)NC1CCCCC1C. The molecule has 0 spiro atoms. The molecule has 0 bridgehead atoms. The monoisotopic (exact) mass is 231 g/mol. The van der Waals surface area contributed by atoms with E-state index in [0.29, 0.717) is 12.0 Å². The Balaban J connectivity index is 2.04. The summed E-state index contributed by atoms with van der Waals surface area (Å²) in [5.74, 6) is 0.693. The first-order valence-electron chi connectivity index (χ1n) is 6.55. The van der Waals surface area contributed by atoms with E-state index in [1.54, 1.807) is 0 Å². The molecule has 92 valence electrons. The molecule has 0 saturated heterocycles. The van der Waals surface area contributed by atoms with Crippen LogP contribution in [0.15, 0.2) is 24.3 Å². The first-order valence-corrected chi connectivity index (χ1v) is 6.55. The minimum atomic E-state index is 0.0850. The van der Waals surface area contributed by atoms with Crippen LogP contribution in [-0.2, 0) is 0 Å². The molecule has 1 N–H and O–H groups in total. The van der Waals surface area contributed by atoms with Crippen molar-refractivity contribution in [2.24, 2.45) is 5.92 Å². The zero-order valence-corrected chi connectivity index (χ0v) is 10.7. The lowest BCUT2D eigenvalue weighted by Gasteiger charge is -2.29. The quantitative estimate of drug-likeness (QED) is 0.831.